The molecule has 0 bridgehead atoms. The topological polar surface area (TPSA) is 20.2 Å². The average molecular weight is 267 g/mol. The first-order chi connectivity index (χ1) is 8.42. The smallest absolute Gasteiger partial charge is 0.0899 e. The van der Waals surface area contributed by atoms with Crippen molar-refractivity contribution in [2.24, 2.45) is 11.8 Å². The van der Waals surface area contributed by atoms with E-state index in [-0.39, 0.29) is 0 Å². The molecule has 2 atom stereocenters. The lowest BCUT2D eigenvalue weighted by Gasteiger charge is -2.39. The van der Waals surface area contributed by atoms with E-state index < -0.39 is 5.60 Å². The minimum Gasteiger partial charge on any atom is -0.385 e. The van der Waals surface area contributed by atoms with E-state index in [1.807, 2.05) is 25.1 Å². The SMILES string of the molecule is Cc1ccc(C2(O)CCCC(C(C)C)C2)cc1Cl. The highest BCUT2D eigenvalue weighted by Crippen LogP contribution is 2.43. The van der Waals surface area contributed by atoms with Crippen LogP contribution in [0.4, 0.5) is 0 Å². The zero-order valence-corrected chi connectivity index (χ0v) is 12.3. The van der Waals surface area contributed by atoms with Gasteiger partial charge >= 0.3 is 0 Å². The van der Waals surface area contributed by atoms with Crippen molar-refractivity contribution in [1.29, 1.82) is 0 Å². The van der Waals surface area contributed by atoms with E-state index in [2.05, 4.69) is 13.8 Å². The molecule has 100 valence electrons. The maximum atomic E-state index is 10.9. The van der Waals surface area contributed by atoms with Gasteiger partial charge in [0.1, 0.15) is 0 Å². The van der Waals surface area contributed by atoms with Crippen molar-refractivity contribution in [2.45, 2.75) is 52.1 Å². The van der Waals surface area contributed by atoms with Gasteiger partial charge in [-0.05, 0) is 61.6 Å². The van der Waals surface area contributed by atoms with E-state index in [1.165, 1.54) is 6.42 Å². The van der Waals surface area contributed by atoms with Crippen molar-refractivity contribution in [3.05, 3.63) is 34.3 Å². The number of aliphatic hydroxyl groups is 1. The molecule has 2 heteroatoms. The fourth-order valence-electron chi connectivity index (χ4n) is 3.01. The Labute approximate surface area is 115 Å². The van der Waals surface area contributed by atoms with Crippen LogP contribution in [0.3, 0.4) is 0 Å². The van der Waals surface area contributed by atoms with Crippen LogP contribution in [0.1, 0.15) is 50.7 Å². The van der Waals surface area contributed by atoms with E-state index in [0.717, 1.165) is 35.4 Å². The molecule has 1 aliphatic rings. The predicted octanol–water partition coefficient (Wildman–Crippen LogP) is 4.68. The van der Waals surface area contributed by atoms with Gasteiger partial charge in [-0.15, -0.1) is 0 Å². The molecule has 0 spiro atoms. The predicted molar refractivity (Wildman–Crippen MR) is 76.9 cm³/mol. The molecule has 2 unspecified atom stereocenters. The van der Waals surface area contributed by atoms with Crippen LogP contribution in [0.15, 0.2) is 18.2 Å². The Bertz CT molecular complexity index is 427. The summed E-state index contributed by atoms with van der Waals surface area (Å²) in [6, 6.07) is 5.98. The monoisotopic (exact) mass is 266 g/mol. The third kappa shape index (κ3) is 2.73. The van der Waals surface area contributed by atoms with E-state index in [9.17, 15) is 5.11 Å². The summed E-state index contributed by atoms with van der Waals surface area (Å²) in [4.78, 5) is 0. The Hall–Kier alpha value is -0.530. The molecular formula is C16H23ClO. The normalized spacial score (nSPS) is 28.7. The summed E-state index contributed by atoms with van der Waals surface area (Å²) >= 11 is 6.18. The lowest BCUT2D eigenvalue weighted by atomic mass is 9.71. The van der Waals surface area contributed by atoms with E-state index in [4.69, 9.17) is 11.6 Å². The van der Waals surface area contributed by atoms with Crippen molar-refractivity contribution in [3.8, 4) is 0 Å². The molecule has 1 nitrogen and oxygen atoms in total. The van der Waals surface area contributed by atoms with Crippen LogP contribution in [0.2, 0.25) is 5.02 Å². The van der Waals surface area contributed by atoms with Gasteiger partial charge in [-0.3, -0.25) is 0 Å². The Morgan fingerprint density at radius 1 is 1.39 bits per heavy atom. The number of rotatable bonds is 2. The second-order valence-corrected chi connectivity index (χ2v) is 6.50. The summed E-state index contributed by atoms with van der Waals surface area (Å²) < 4.78 is 0. The fraction of sp³-hybridized carbons (Fsp3) is 0.625. The molecule has 1 fully saturated rings. The first kappa shape index (κ1) is 13.9. The summed E-state index contributed by atoms with van der Waals surface area (Å²) in [5.41, 5.74) is 1.38. The largest absolute Gasteiger partial charge is 0.385 e. The van der Waals surface area contributed by atoms with Gasteiger partial charge in [-0.1, -0.05) is 37.6 Å². The van der Waals surface area contributed by atoms with Crippen LogP contribution in [-0.4, -0.2) is 5.11 Å². The van der Waals surface area contributed by atoms with Crippen molar-refractivity contribution < 1.29 is 5.11 Å². The van der Waals surface area contributed by atoms with E-state index >= 15 is 0 Å². The molecule has 0 heterocycles. The Morgan fingerprint density at radius 2 is 2.11 bits per heavy atom. The highest BCUT2D eigenvalue weighted by Gasteiger charge is 2.36. The maximum absolute atomic E-state index is 10.9. The van der Waals surface area contributed by atoms with Gasteiger partial charge in [0, 0.05) is 5.02 Å². The zero-order chi connectivity index (χ0) is 13.3. The van der Waals surface area contributed by atoms with Gasteiger partial charge in [0.05, 0.1) is 5.60 Å². The molecule has 1 saturated carbocycles. The summed E-state index contributed by atoms with van der Waals surface area (Å²) in [7, 11) is 0. The highest BCUT2D eigenvalue weighted by molar-refractivity contribution is 6.31. The summed E-state index contributed by atoms with van der Waals surface area (Å²) in [5.74, 6) is 1.25. The van der Waals surface area contributed by atoms with Crippen LogP contribution >= 0.6 is 11.6 Å². The van der Waals surface area contributed by atoms with Crippen molar-refractivity contribution in [3.63, 3.8) is 0 Å². The minimum absolute atomic E-state index is 0.615. The quantitative estimate of drug-likeness (QED) is 0.824. The lowest BCUT2D eigenvalue weighted by Crippen LogP contribution is -2.34. The molecule has 0 radical (unpaired) electrons. The molecule has 1 N–H and O–H groups in total. The fourth-order valence-corrected chi connectivity index (χ4v) is 3.19. The summed E-state index contributed by atoms with van der Waals surface area (Å²) in [6.45, 7) is 6.49. The van der Waals surface area contributed by atoms with E-state index in [0.29, 0.717) is 11.8 Å². The van der Waals surface area contributed by atoms with Crippen LogP contribution in [0, 0.1) is 18.8 Å². The molecule has 0 aromatic heterocycles. The number of halogens is 1. The molecule has 18 heavy (non-hydrogen) atoms. The first-order valence-electron chi connectivity index (χ1n) is 6.91. The molecule has 1 aromatic carbocycles. The molecule has 0 saturated heterocycles. The average Bonchev–Trinajstić information content (AvgIpc) is 2.32. The van der Waals surface area contributed by atoms with Gasteiger partial charge in [-0.2, -0.15) is 0 Å². The second kappa shape index (κ2) is 5.22. The molecule has 0 aliphatic heterocycles. The van der Waals surface area contributed by atoms with Crippen molar-refractivity contribution >= 4 is 11.6 Å². The number of benzene rings is 1. The van der Waals surface area contributed by atoms with Gasteiger partial charge in [0.15, 0.2) is 0 Å². The van der Waals surface area contributed by atoms with E-state index in [1.54, 1.807) is 0 Å². The zero-order valence-electron chi connectivity index (χ0n) is 11.5. The highest BCUT2D eigenvalue weighted by atomic mass is 35.5. The van der Waals surface area contributed by atoms with Gasteiger partial charge in [-0.25, -0.2) is 0 Å². The third-order valence-corrected chi connectivity index (χ3v) is 4.82. The van der Waals surface area contributed by atoms with Crippen LogP contribution in [0.5, 0.6) is 0 Å². The molecule has 0 amide bonds. The van der Waals surface area contributed by atoms with Crippen LogP contribution in [-0.2, 0) is 5.60 Å². The molecule has 1 aliphatic carbocycles. The lowest BCUT2D eigenvalue weighted by molar-refractivity contribution is -0.0295. The second-order valence-electron chi connectivity index (χ2n) is 6.10. The minimum atomic E-state index is -0.676. The summed E-state index contributed by atoms with van der Waals surface area (Å²) in [6.07, 6.45) is 4.06. The third-order valence-electron chi connectivity index (χ3n) is 4.42. The molecule has 1 aromatic rings. The Balaban J connectivity index is 2.26. The standard InChI is InChI=1S/C16H23ClO/c1-11(2)13-5-4-8-16(18,10-13)14-7-6-12(3)15(17)9-14/h6-7,9,11,13,18H,4-5,8,10H2,1-3H3. The molecule has 2 rings (SSSR count). The van der Waals surface area contributed by atoms with Gasteiger partial charge < -0.3 is 5.11 Å². The number of hydrogen-bond donors (Lipinski definition) is 1. The van der Waals surface area contributed by atoms with Crippen molar-refractivity contribution in [1.82, 2.24) is 0 Å². The molecular weight excluding hydrogens is 244 g/mol. The van der Waals surface area contributed by atoms with Crippen LogP contribution in [0.25, 0.3) is 0 Å². The van der Waals surface area contributed by atoms with Gasteiger partial charge in [0.2, 0.25) is 0 Å². The Morgan fingerprint density at radius 3 is 2.72 bits per heavy atom. The van der Waals surface area contributed by atoms with Crippen LogP contribution < -0.4 is 0 Å². The Kier molecular flexibility index (Phi) is 4.03. The summed E-state index contributed by atoms with van der Waals surface area (Å²) in [5, 5.41) is 11.7. The first-order valence-corrected chi connectivity index (χ1v) is 7.29. The van der Waals surface area contributed by atoms with Crippen molar-refractivity contribution in [2.75, 3.05) is 0 Å². The maximum Gasteiger partial charge on any atom is 0.0899 e. The number of aryl methyl sites for hydroxylation is 1. The van der Waals surface area contributed by atoms with Gasteiger partial charge in [0.25, 0.3) is 0 Å². The number of hydrogen-bond acceptors (Lipinski definition) is 1.